The highest BCUT2D eigenvalue weighted by Crippen LogP contribution is 2.23. The average molecular weight is 240 g/mol. The zero-order valence-corrected chi connectivity index (χ0v) is 10.6. The summed E-state index contributed by atoms with van der Waals surface area (Å²) in [5.41, 5.74) is -0.853. The first kappa shape index (κ1) is 12.4. The van der Waals surface area contributed by atoms with E-state index in [-0.39, 0.29) is 11.8 Å². The van der Waals surface area contributed by atoms with Gasteiger partial charge in [0.2, 0.25) is 5.91 Å². The fourth-order valence-electron chi connectivity index (χ4n) is 2.52. The van der Waals surface area contributed by atoms with Crippen molar-refractivity contribution in [2.24, 2.45) is 0 Å². The number of hydrogen-bond donors (Lipinski definition) is 0. The molecule has 0 aromatic carbocycles. The fourth-order valence-corrected chi connectivity index (χ4v) is 2.52. The van der Waals surface area contributed by atoms with Crippen molar-refractivity contribution in [3.05, 3.63) is 0 Å². The van der Waals surface area contributed by atoms with Gasteiger partial charge in [0.25, 0.3) is 5.91 Å². The number of hydrogen-bond acceptors (Lipinski definition) is 3. The van der Waals surface area contributed by atoms with Crippen LogP contribution in [0.5, 0.6) is 0 Å². The lowest BCUT2D eigenvalue weighted by Gasteiger charge is -2.40. The van der Waals surface area contributed by atoms with Crippen molar-refractivity contribution in [3.8, 4) is 0 Å². The van der Waals surface area contributed by atoms with Gasteiger partial charge in [-0.05, 0) is 19.8 Å². The number of carbonyl (C=O) groups is 2. The van der Waals surface area contributed by atoms with Gasteiger partial charge in [-0.15, -0.1) is 0 Å². The minimum absolute atomic E-state index is 0.00810. The Labute approximate surface area is 102 Å². The third kappa shape index (κ3) is 2.44. The standard InChI is InChI=1S/C12H20N2O3/c1-10(15)14-7-8-17-12(2,9-14)11(16)13-5-3-4-6-13/h3-9H2,1-2H3/t12-/m1/s1. The molecule has 17 heavy (non-hydrogen) atoms. The van der Waals surface area contributed by atoms with Crippen LogP contribution in [0.4, 0.5) is 0 Å². The Balaban J connectivity index is 2.06. The Kier molecular flexibility index (Phi) is 3.38. The Bertz CT molecular complexity index is 326. The molecule has 0 bridgehead atoms. The minimum Gasteiger partial charge on any atom is -0.362 e. The zero-order chi connectivity index (χ0) is 12.5. The molecule has 2 heterocycles. The number of likely N-dealkylation sites (tertiary alicyclic amines) is 1. The van der Waals surface area contributed by atoms with Gasteiger partial charge in [-0.3, -0.25) is 9.59 Å². The van der Waals surface area contributed by atoms with Gasteiger partial charge in [-0.25, -0.2) is 0 Å². The third-order valence-electron chi connectivity index (χ3n) is 3.57. The van der Waals surface area contributed by atoms with Gasteiger partial charge in [-0.2, -0.15) is 0 Å². The van der Waals surface area contributed by atoms with E-state index in [9.17, 15) is 9.59 Å². The summed E-state index contributed by atoms with van der Waals surface area (Å²) in [5.74, 6) is 0.0368. The van der Waals surface area contributed by atoms with Crippen molar-refractivity contribution in [3.63, 3.8) is 0 Å². The molecule has 2 aliphatic rings. The largest absolute Gasteiger partial charge is 0.362 e. The molecule has 0 spiro atoms. The van der Waals surface area contributed by atoms with Crippen molar-refractivity contribution in [2.75, 3.05) is 32.8 Å². The van der Waals surface area contributed by atoms with Crippen LogP contribution in [0.3, 0.4) is 0 Å². The molecule has 0 saturated carbocycles. The summed E-state index contributed by atoms with van der Waals surface area (Å²) in [6, 6.07) is 0. The molecule has 5 nitrogen and oxygen atoms in total. The van der Waals surface area contributed by atoms with Crippen LogP contribution in [-0.2, 0) is 14.3 Å². The lowest BCUT2D eigenvalue weighted by molar-refractivity contribution is -0.169. The predicted octanol–water partition coefficient (Wildman–Crippen LogP) is 0.246. The van der Waals surface area contributed by atoms with Gasteiger partial charge in [0.15, 0.2) is 5.60 Å². The summed E-state index contributed by atoms with van der Waals surface area (Å²) in [6.45, 7) is 6.36. The van der Waals surface area contributed by atoms with Crippen LogP contribution in [0.25, 0.3) is 0 Å². The topological polar surface area (TPSA) is 49.9 Å². The highest BCUT2D eigenvalue weighted by molar-refractivity contribution is 5.86. The monoisotopic (exact) mass is 240 g/mol. The minimum atomic E-state index is -0.853. The molecule has 0 unspecified atom stereocenters. The van der Waals surface area contributed by atoms with Crippen LogP contribution in [-0.4, -0.2) is 60.0 Å². The number of ether oxygens (including phenoxy) is 1. The number of nitrogens with zero attached hydrogens (tertiary/aromatic N) is 2. The van der Waals surface area contributed by atoms with E-state index in [0.717, 1.165) is 25.9 Å². The smallest absolute Gasteiger partial charge is 0.256 e. The Morgan fingerprint density at radius 1 is 1.12 bits per heavy atom. The second-order valence-electron chi connectivity index (χ2n) is 5.02. The maximum atomic E-state index is 12.4. The SMILES string of the molecule is CC(=O)N1CCO[C@@](C)(C(=O)N2CCCC2)C1. The van der Waals surface area contributed by atoms with Crippen LogP contribution in [0.1, 0.15) is 26.7 Å². The molecule has 0 radical (unpaired) electrons. The van der Waals surface area contributed by atoms with Gasteiger partial charge in [-0.1, -0.05) is 0 Å². The number of morpholine rings is 1. The first-order valence-corrected chi connectivity index (χ1v) is 6.22. The Morgan fingerprint density at radius 3 is 2.35 bits per heavy atom. The summed E-state index contributed by atoms with van der Waals surface area (Å²) < 4.78 is 5.63. The van der Waals surface area contributed by atoms with Gasteiger partial charge in [0.1, 0.15) is 0 Å². The summed E-state index contributed by atoms with van der Waals surface area (Å²) in [4.78, 5) is 27.3. The number of carbonyl (C=O) groups excluding carboxylic acids is 2. The van der Waals surface area contributed by atoms with E-state index in [1.165, 1.54) is 6.92 Å². The molecule has 0 N–H and O–H groups in total. The Hall–Kier alpha value is -1.10. The second kappa shape index (κ2) is 4.64. The molecule has 5 heteroatoms. The normalized spacial score (nSPS) is 29.5. The van der Waals surface area contributed by atoms with Crippen LogP contribution in [0, 0.1) is 0 Å². The molecule has 2 saturated heterocycles. The molecule has 2 amide bonds. The van der Waals surface area contributed by atoms with E-state index in [2.05, 4.69) is 0 Å². The zero-order valence-electron chi connectivity index (χ0n) is 10.6. The van der Waals surface area contributed by atoms with Crippen LogP contribution in [0.2, 0.25) is 0 Å². The molecule has 96 valence electrons. The summed E-state index contributed by atoms with van der Waals surface area (Å²) in [5, 5.41) is 0. The Morgan fingerprint density at radius 2 is 1.76 bits per heavy atom. The highest BCUT2D eigenvalue weighted by Gasteiger charge is 2.42. The van der Waals surface area contributed by atoms with Crippen molar-refractivity contribution < 1.29 is 14.3 Å². The second-order valence-corrected chi connectivity index (χ2v) is 5.02. The first-order chi connectivity index (χ1) is 8.03. The van der Waals surface area contributed by atoms with E-state index in [1.807, 2.05) is 4.90 Å². The molecule has 0 aliphatic carbocycles. The fraction of sp³-hybridized carbons (Fsp3) is 0.833. The van der Waals surface area contributed by atoms with E-state index < -0.39 is 5.60 Å². The first-order valence-electron chi connectivity index (χ1n) is 6.22. The summed E-state index contributed by atoms with van der Waals surface area (Å²) >= 11 is 0. The molecule has 2 rings (SSSR count). The number of rotatable bonds is 1. The lowest BCUT2D eigenvalue weighted by Crippen LogP contribution is -2.59. The van der Waals surface area contributed by atoms with Crippen LogP contribution >= 0.6 is 0 Å². The predicted molar refractivity (Wildman–Crippen MR) is 62.4 cm³/mol. The molecule has 1 atom stereocenters. The van der Waals surface area contributed by atoms with Crippen LogP contribution in [0.15, 0.2) is 0 Å². The van der Waals surface area contributed by atoms with Gasteiger partial charge in [0.05, 0.1) is 13.2 Å². The maximum absolute atomic E-state index is 12.4. The van der Waals surface area contributed by atoms with Crippen molar-refractivity contribution >= 4 is 11.8 Å². The molecule has 2 fully saturated rings. The van der Waals surface area contributed by atoms with E-state index in [4.69, 9.17) is 4.74 Å². The third-order valence-corrected chi connectivity index (χ3v) is 3.57. The van der Waals surface area contributed by atoms with Gasteiger partial charge in [0, 0.05) is 26.6 Å². The van der Waals surface area contributed by atoms with E-state index in [0.29, 0.717) is 19.7 Å². The highest BCUT2D eigenvalue weighted by atomic mass is 16.5. The molecule has 0 aromatic rings. The van der Waals surface area contributed by atoms with Gasteiger partial charge < -0.3 is 14.5 Å². The molecular weight excluding hydrogens is 220 g/mol. The van der Waals surface area contributed by atoms with Crippen molar-refractivity contribution in [1.29, 1.82) is 0 Å². The molecule has 0 aromatic heterocycles. The lowest BCUT2D eigenvalue weighted by atomic mass is 10.0. The van der Waals surface area contributed by atoms with E-state index in [1.54, 1.807) is 11.8 Å². The summed E-state index contributed by atoms with van der Waals surface area (Å²) in [7, 11) is 0. The average Bonchev–Trinajstić information content (AvgIpc) is 2.81. The maximum Gasteiger partial charge on any atom is 0.256 e. The van der Waals surface area contributed by atoms with Gasteiger partial charge >= 0.3 is 0 Å². The van der Waals surface area contributed by atoms with Crippen LogP contribution < -0.4 is 0 Å². The summed E-state index contributed by atoms with van der Waals surface area (Å²) in [6.07, 6.45) is 2.14. The van der Waals surface area contributed by atoms with Crippen molar-refractivity contribution in [1.82, 2.24) is 9.80 Å². The quantitative estimate of drug-likeness (QED) is 0.660. The van der Waals surface area contributed by atoms with Crippen molar-refractivity contribution in [2.45, 2.75) is 32.3 Å². The molecular formula is C12H20N2O3. The van der Waals surface area contributed by atoms with E-state index >= 15 is 0 Å². The molecule has 2 aliphatic heterocycles. The number of amides is 2.